The average molecular weight is 340 g/mol. The van der Waals surface area contributed by atoms with E-state index >= 15 is 0 Å². The predicted molar refractivity (Wildman–Crippen MR) is 107 cm³/mol. The maximum atomic E-state index is 5.92. The molecule has 0 heterocycles. The fourth-order valence-corrected chi connectivity index (χ4v) is 3.34. The minimum absolute atomic E-state index is 0.221. The van der Waals surface area contributed by atoms with Gasteiger partial charge in [0.1, 0.15) is 5.75 Å². The molecule has 128 valence electrons. The maximum Gasteiger partial charge on any atom is 0.188 e. The van der Waals surface area contributed by atoms with Crippen molar-refractivity contribution in [1.82, 2.24) is 0 Å². The predicted octanol–water partition coefficient (Wildman–Crippen LogP) is 6.16. The molecule has 0 radical (unpaired) electrons. The highest BCUT2D eigenvalue weighted by atomic mass is 16.7. The summed E-state index contributed by atoms with van der Waals surface area (Å²) in [6.45, 7) is 0.221. The molecule has 2 heteroatoms. The summed E-state index contributed by atoms with van der Waals surface area (Å²) < 4.78 is 11.1. The minimum atomic E-state index is 0.221. The zero-order valence-corrected chi connectivity index (χ0v) is 14.7. The van der Waals surface area contributed by atoms with Crippen LogP contribution in [0.4, 0.5) is 0 Å². The summed E-state index contributed by atoms with van der Waals surface area (Å²) in [6, 6.07) is 31.4. The number of fused-ring (bicyclic) bond motifs is 1. The molecule has 4 aromatic rings. The van der Waals surface area contributed by atoms with Crippen LogP contribution in [0.2, 0.25) is 0 Å². The van der Waals surface area contributed by atoms with Crippen molar-refractivity contribution < 1.29 is 9.47 Å². The summed E-state index contributed by atoms with van der Waals surface area (Å²) in [4.78, 5) is 0. The second-order valence-corrected chi connectivity index (χ2v) is 6.12. The highest BCUT2D eigenvalue weighted by molar-refractivity contribution is 6.03. The lowest BCUT2D eigenvalue weighted by Crippen LogP contribution is -2.01. The van der Waals surface area contributed by atoms with Crippen LogP contribution in [0.5, 0.6) is 5.75 Å². The molecule has 0 amide bonds. The van der Waals surface area contributed by atoms with Gasteiger partial charge in [0.05, 0.1) is 0 Å². The standard InChI is InChI=1S/C24H20O2/c1-25-17-26-23-16-15-19-11-5-6-13-21(19)24(23)22-14-8-7-12-20(22)18-9-3-2-4-10-18/h2-16H,17H2,1H3. The molecule has 4 aromatic carbocycles. The first-order valence-corrected chi connectivity index (χ1v) is 8.67. The molecular formula is C24H20O2. The van der Waals surface area contributed by atoms with Crippen molar-refractivity contribution in [2.75, 3.05) is 13.9 Å². The molecule has 0 bridgehead atoms. The molecule has 26 heavy (non-hydrogen) atoms. The Kier molecular flexibility index (Phi) is 4.67. The molecule has 0 aliphatic heterocycles. The van der Waals surface area contributed by atoms with E-state index in [4.69, 9.17) is 9.47 Å². The number of hydrogen-bond acceptors (Lipinski definition) is 2. The molecule has 0 aromatic heterocycles. The van der Waals surface area contributed by atoms with Crippen molar-refractivity contribution in [3.05, 3.63) is 91.0 Å². The second kappa shape index (κ2) is 7.42. The SMILES string of the molecule is COCOc1ccc2ccccc2c1-c1ccccc1-c1ccccc1. The van der Waals surface area contributed by atoms with E-state index in [0.29, 0.717) is 0 Å². The van der Waals surface area contributed by atoms with Gasteiger partial charge in [-0.3, -0.25) is 0 Å². The summed E-state index contributed by atoms with van der Waals surface area (Å²) >= 11 is 0. The van der Waals surface area contributed by atoms with Gasteiger partial charge in [0.25, 0.3) is 0 Å². The quantitative estimate of drug-likeness (QED) is 0.405. The van der Waals surface area contributed by atoms with Crippen LogP contribution in [-0.2, 0) is 4.74 Å². The first kappa shape index (κ1) is 16.4. The number of ether oxygens (including phenoxy) is 2. The Morgan fingerprint density at radius 1 is 0.654 bits per heavy atom. The fourth-order valence-electron chi connectivity index (χ4n) is 3.34. The highest BCUT2D eigenvalue weighted by Crippen LogP contribution is 2.41. The largest absolute Gasteiger partial charge is 0.467 e. The Balaban J connectivity index is 2.00. The molecule has 0 aliphatic rings. The van der Waals surface area contributed by atoms with Crippen molar-refractivity contribution in [2.45, 2.75) is 0 Å². The van der Waals surface area contributed by atoms with Gasteiger partial charge in [0.2, 0.25) is 0 Å². The molecule has 0 spiro atoms. The van der Waals surface area contributed by atoms with Crippen molar-refractivity contribution in [3.63, 3.8) is 0 Å². The Hall–Kier alpha value is -3.10. The van der Waals surface area contributed by atoms with Crippen LogP contribution >= 0.6 is 0 Å². The summed E-state index contributed by atoms with van der Waals surface area (Å²) in [5.74, 6) is 0.828. The molecule has 0 aliphatic carbocycles. The Morgan fingerprint density at radius 2 is 1.35 bits per heavy atom. The molecule has 0 fully saturated rings. The number of rotatable bonds is 5. The van der Waals surface area contributed by atoms with Crippen molar-refractivity contribution in [1.29, 1.82) is 0 Å². The van der Waals surface area contributed by atoms with Crippen LogP contribution in [0.15, 0.2) is 91.0 Å². The van der Waals surface area contributed by atoms with Crippen LogP contribution in [0.25, 0.3) is 33.0 Å². The van der Waals surface area contributed by atoms with E-state index in [1.54, 1.807) is 7.11 Å². The fraction of sp³-hybridized carbons (Fsp3) is 0.0833. The van der Waals surface area contributed by atoms with Gasteiger partial charge in [-0.2, -0.15) is 0 Å². The van der Waals surface area contributed by atoms with Gasteiger partial charge < -0.3 is 9.47 Å². The third kappa shape index (κ3) is 3.07. The third-order valence-electron chi connectivity index (χ3n) is 4.50. The lowest BCUT2D eigenvalue weighted by Gasteiger charge is -2.17. The van der Waals surface area contributed by atoms with Crippen LogP contribution in [-0.4, -0.2) is 13.9 Å². The van der Waals surface area contributed by atoms with E-state index in [1.165, 1.54) is 21.9 Å². The van der Waals surface area contributed by atoms with Crippen LogP contribution in [0, 0.1) is 0 Å². The van der Waals surface area contributed by atoms with E-state index in [-0.39, 0.29) is 6.79 Å². The number of hydrogen-bond donors (Lipinski definition) is 0. The molecule has 4 rings (SSSR count). The van der Waals surface area contributed by atoms with Gasteiger partial charge in [0, 0.05) is 12.7 Å². The smallest absolute Gasteiger partial charge is 0.188 e. The van der Waals surface area contributed by atoms with Crippen LogP contribution in [0.1, 0.15) is 0 Å². The van der Waals surface area contributed by atoms with Crippen molar-refractivity contribution in [3.8, 4) is 28.0 Å². The molecular weight excluding hydrogens is 320 g/mol. The summed E-state index contributed by atoms with van der Waals surface area (Å²) in [5, 5.41) is 2.36. The molecule has 0 unspecified atom stereocenters. The normalized spacial score (nSPS) is 10.8. The molecule has 2 nitrogen and oxygen atoms in total. The van der Waals surface area contributed by atoms with E-state index < -0.39 is 0 Å². The minimum Gasteiger partial charge on any atom is -0.467 e. The van der Waals surface area contributed by atoms with E-state index in [0.717, 1.165) is 16.9 Å². The first-order chi connectivity index (χ1) is 12.9. The zero-order valence-electron chi connectivity index (χ0n) is 14.7. The van der Waals surface area contributed by atoms with E-state index in [9.17, 15) is 0 Å². The van der Waals surface area contributed by atoms with Crippen molar-refractivity contribution in [2.24, 2.45) is 0 Å². The topological polar surface area (TPSA) is 18.5 Å². The van der Waals surface area contributed by atoms with Gasteiger partial charge in [-0.25, -0.2) is 0 Å². The lowest BCUT2D eigenvalue weighted by atomic mass is 9.91. The van der Waals surface area contributed by atoms with Crippen molar-refractivity contribution >= 4 is 10.8 Å². The average Bonchev–Trinajstić information content (AvgIpc) is 2.72. The Bertz CT molecular complexity index is 1020. The summed E-state index contributed by atoms with van der Waals surface area (Å²) in [7, 11) is 1.64. The van der Waals surface area contributed by atoms with Gasteiger partial charge in [-0.15, -0.1) is 0 Å². The number of benzene rings is 4. The van der Waals surface area contributed by atoms with Gasteiger partial charge in [-0.05, 0) is 33.5 Å². The summed E-state index contributed by atoms with van der Waals surface area (Å²) in [6.07, 6.45) is 0. The lowest BCUT2D eigenvalue weighted by molar-refractivity contribution is 0.0516. The molecule has 0 N–H and O–H groups in total. The summed E-state index contributed by atoms with van der Waals surface area (Å²) in [5.41, 5.74) is 4.63. The van der Waals surface area contributed by atoms with E-state index in [1.807, 2.05) is 12.1 Å². The zero-order chi connectivity index (χ0) is 17.8. The maximum absolute atomic E-state index is 5.92. The third-order valence-corrected chi connectivity index (χ3v) is 4.50. The van der Waals surface area contributed by atoms with Gasteiger partial charge >= 0.3 is 0 Å². The van der Waals surface area contributed by atoms with Crippen LogP contribution in [0.3, 0.4) is 0 Å². The number of methoxy groups -OCH3 is 1. The highest BCUT2D eigenvalue weighted by Gasteiger charge is 2.15. The monoisotopic (exact) mass is 340 g/mol. The van der Waals surface area contributed by atoms with E-state index in [2.05, 4.69) is 78.9 Å². The second-order valence-electron chi connectivity index (χ2n) is 6.12. The van der Waals surface area contributed by atoms with Gasteiger partial charge in [-0.1, -0.05) is 84.9 Å². The van der Waals surface area contributed by atoms with Gasteiger partial charge in [0.15, 0.2) is 6.79 Å². The van der Waals surface area contributed by atoms with Crippen LogP contribution < -0.4 is 4.74 Å². The molecule has 0 saturated carbocycles. The molecule has 0 saturated heterocycles. The first-order valence-electron chi connectivity index (χ1n) is 8.67. The molecule has 0 atom stereocenters. The Labute approximate surface area is 153 Å². The Morgan fingerprint density at radius 3 is 2.15 bits per heavy atom.